The molecule has 3 aromatic carbocycles. The van der Waals surface area contributed by atoms with Crippen LogP contribution >= 0.6 is 0 Å². The molecule has 1 aromatic heterocycles. The van der Waals surface area contributed by atoms with Gasteiger partial charge in [-0.1, -0.05) is 49.2 Å². The SMILES string of the molecule is O=S(=O)(c1cccc2ccccc12)c1n[nH]c2ccc(OCCCNC3CCCC3)cc12. The number of nitrogens with zero attached hydrogens (tertiary/aromatic N) is 1. The van der Waals surface area contributed by atoms with Crippen molar-refractivity contribution in [2.75, 3.05) is 13.2 Å². The third kappa shape index (κ3) is 4.10. The van der Waals surface area contributed by atoms with E-state index in [1.165, 1.54) is 25.7 Å². The number of aromatic nitrogens is 2. The van der Waals surface area contributed by atoms with E-state index >= 15 is 0 Å². The zero-order chi connectivity index (χ0) is 22.0. The molecule has 7 heteroatoms. The quantitative estimate of drug-likeness (QED) is 0.376. The first-order chi connectivity index (χ1) is 15.6. The molecule has 1 heterocycles. The minimum Gasteiger partial charge on any atom is -0.494 e. The first-order valence-electron chi connectivity index (χ1n) is 11.2. The van der Waals surface area contributed by atoms with Crippen LogP contribution in [0.3, 0.4) is 0 Å². The maximum Gasteiger partial charge on any atom is 0.226 e. The van der Waals surface area contributed by atoms with Crippen LogP contribution < -0.4 is 10.1 Å². The van der Waals surface area contributed by atoms with Crippen molar-refractivity contribution in [1.82, 2.24) is 15.5 Å². The van der Waals surface area contributed by atoms with Crippen LogP contribution in [0.1, 0.15) is 32.1 Å². The molecule has 0 spiro atoms. The number of fused-ring (bicyclic) bond motifs is 2. The van der Waals surface area contributed by atoms with E-state index < -0.39 is 9.84 Å². The highest BCUT2D eigenvalue weighted by molar-refractivity contribution is 7.91. The van der Waals surface area contributed by atoms with Gasteiger partial charge in [-0.25, -0.2) is 8.42 Å². The van der Waals surface area contributed by atoms with Crippen molar-refractivity contribution in [3.05, 3.63) is 60.7 Å². The molecule has 1 fully saturated rings. The number of hydrogen-bond acceptors (Lipinski definition) is 5. The molecule has 0 unspecified atom stereocenters. The molecule has 32 heavy (non-hydrogen) atoms. The minimum absolute atomic E-state index is 0.0252. The lowest BCUT2D eigenvalue weighted by atomic mass is 10.1. The smallest absolute Gasteiger partial charge is 0.226 e. The molecular weight excluding hydrogens is 422 g/mol. The van der Waals surface area contributed by atoms with Gasteiger partial charge in [0.05, 0.1) is 17.0 Å². The van der Waals surface area contributed by atoms with Gasteiger partial charge in [0.2, 0.25) is 9.84 Å². The number of nitrogens with one attached hydrogen (secondary N) is 2. The molecule has 1 saturated carbocycles. The second-order valence-electron chi connectivity index (χ2n) is 8.35. The van der Waals surface area contributed by atoms with Crippen LogP contribution in [0, 0.1) is 0 Å². The molecule has 0 amide bonds. The number of aromatic amines is 1. The summed E-state index contributed by atoms with van der Waals surface area (Å²) in [5.74, 6) is 0.647. The van der Waals surface area contributed by atoms with Crippen LogP contribution in [0.15, 0.2) is 70.6 Å². The van der Waals surface area contributed by atoms with Crippen molar-refractivity contribution in [2.45, 2.75) is 48.1 Å². The molecule has 1 aliphatic carbocycles. The standard InChI is InChI=1S/C25H27N3O3S/c29-32(30,24-12-5-8-18-7-1-4-11-21(18)24)25-22-17-20(13-14-23(22)27-28-25)31-16-6-15-26-19-9-2-3-10-19/h1,4-5,7-8,11-14,17,19,26H,2-3,6,9-10,15-16H2,(H,27,28). The lowest BCUT2D eigenvalue weighted by molar-refractivity contribution is 0.305. The van der Waals surface area contributed by atoms with Crippen LogP contribution in [0.5, 0.6) is 5.75 Å². The van der Waals surface area contributed by atoms with Crippen LogP contribution in [0.2, 0.25) is 0 Å². The summed E-state index contributed by atoms with van der Waals surface area (Å²) >= 11 is 0. The first kappa shape index (κ1) is 21.0. The Hall–Kier alpha value is -2.90. The fraction of sp³-hybridized carbons (Fsp3) is 0.320. The summed E-state index contributed by atoms with van der Waals surface area (Å²) < 4.78 is 33.0. The Labute approximate surface area is 187 Å². The summed E-state index contributed by atoms with van der Waals surface area (Å²) in [6, 6.07) is 18.9. The lowest BCUT2D eigenvalue weighted by Crippen LogP contribution is -2.27. The highest BCUT2D eigenvalue weighted by atomic mass is 32.2. The van der Waals surface area contributed by atoms with Gasteiger partial charge in [-0.15, -0.1) is 0 Å². The number of H-pyrrole nitrogens is 1. The maximum absolute atomic E-state index is 13.5. The topological polar surface area (TPSA) is 84.1 Å². The monoisotopic (exact) mass is 449 g/mol. The maximum atomic E-state index is 13.5. The van der Waals surface area contributed by atoms with Crippen molar-refractivity contribution >= 4 is 31.5 Å². The van der Waals surface area contributed by atoms with Gasteiger partial charge in [-0.2, -0.15) is 5.10 Å². The fourth-order valence-electron chi connectivity index (χ4n) is 4.50. The highest BCUT2D eigenvalue weighted by Gasteiger charge is 2.26. The Bertz CT molecular complexity index is 1340. The van der Waals surface area contributed by atoms with Crippen molar-refractivity contribution in [2.24, 2.45) is 0 Å². The van der Waals surface area contributed by atoms with Crippen molar-refractivity contribution in [3.63, 3.8) is 0 Å². The van der Waals surface area contributed by atoms with Crippen LogP contribution in [-0.4, -0.2) is 37.8 Å². The molecule has 1 aliphatic rings. The van der Waals surface area contributed by atoms with Crippen LogP contribution in [-0.2, 0) is 9.84 Å². The Morgan fingerprint density at radius 2 is 1.81 bits per heavy atom. The molecule has 166 valence electrons. The Morgan fingerprint density at radius 1 is 1.00 bits per heavy atom. The van der Waals surface area contributed by atoms with Crippen LogP contribution in [0.4, 0.5) is 0 Å². The van der Waals surface area contributed by atoms with E-state index in [2.05, 4.69) is 15.5 Å². The van der Waals surface area contributed by atoms with E-state index in [1.54, 1.807) is 18.2 Å². The summed E-state index contributed by atoms with van der Waals surface area (Å²) in [5, 5.41) is 12.7. The summed E-state index contributed by atoms with van der Waals surface area (Å²) in [5.41, 5.74) is 0.666. The first-order valence-corrected chi connectivity index (χ1v) is 12.7. The van der Waals surface area contributed by atoms with E-state index in [9.17, 15) is 8.42 Å². The molecule has 4 aromatic rings. The lowest BCUT2D eigenvalue weighted by Gasteiger charge is -2.12. The summed E-state index contributed by atoms with van der Waals surface area (Å²) in [7, 11) is -3.81. The van der Waals surface area contributed by atoms with E-state index in [0.717, 1.165) is 18.4 Å². The normalized spacial score (nSPS) is 15.0. The molecule has 0 aliphatic heterocycles. The fourth-order valence-corrected chi connectivity index (χ4v) is 6.06. The van der Waals surface area contributed by atoms with Gasteiger partial charge in [0.25, 0.3) is 0 Å². The number of benzene rings is 3. The van der Waals surface area contributed by atoms with Gasteiger partial charge in [0.15, 0.2) is 5.03 Å². The number of ether oxygens (including phenoxy) is 1. The van der Waals surface area contributed by atoms with Gasteiger partial charge in [-0.05, 0) is 55.5 Å². The molecule has 0 radical (unpaired) electrons. The van der Waals surface area contributed by atoms with Gasteiger partial charge >= 0.3 is 0 Å². The average molecular weight is 450 g/mol. The van der Waals surface area contributed by atoms with E-state index in [4.69, 9.17) is 4.74 Å². The number of rotatable bonds is 8. The third-order valence-electron chi connectivity index (χ3n) is 6.17. The largest absolute Gasteiger partial charge is 0.494 e. The van der Waals surface area contributed by atoms with Gasteiger partial charge < -0.3 is 10.1 Å². The number of sulfone groups is 1. The molecule has 2 N–H and O–H groups in total. The molecule has 5 rings (SSSR count). The van der Waals surface area contributed by atoms with E-state index in [-0.39, 0.29) is 9.92 Å². The Kier molecular flexibility index (Phi) is 5.85. The van der Waals surface area contributed by atoms with Crippen molar-refractivity contribution in [3.8, 4) is 5.75 Å². The van der Waals surface area contributed by atoms with E-state index in [0.29, 0.717) is 34.7 Å². The molecule has 6 nitrogen and oxygen atoms in total. The molecular formula is C25H27N3O3S. The van der Waals surface area contributed by atoms with Gasteiger partial charge in [-0.3, -0.25) is 5.10 Å². The van der Waals surface area contributed by atoms with Gasteiger partial charge in [0, 0.05) is 16.8 Å². The highest BCUT2D eigenvalue weighted by Crippen LogP contribution is 2.32. The summed E-state index contributed by atoms with van der Waals surface area (Å²) in [4.78, 5) is 0.258. The minimum atomic E-state index is -3.81. The molecule has 0 bridgehead atoms. The zero-order valence-electron chi connectivity index (χ0n) is 17.9. The second kappa shape index (κ2) is 8.92. The predicted octanol–water partition coefficient (Wildman–Crippen LogP) is 4.85. The Morgan fingerprint density at radius 3 is 2.69 bits per heavy atom. The summed E-state index contributed by atoms with van der Waals surface area (Å²) in [6.45, 7) is 1.51. The number of hydrogen-bond donors (Lipinski definition) is 2. The molecule has 0 atom stereocenters. The average Bonchev–Trinajstić information content (AvgIpc) is 3.48. The third-order valence-corrected chi connectivity index (χ3v) is 7.93. The van der Waals surface area contributed by atoms with Crippen LogP contribution in [0.25, 0.3) is 21.7 Å². The second-order valence-corrected chi connectivity index (χ2v) is 10.2. The van der Waals surface area contributed by atoms with Gasteiger partial charge in [0.1, 0.15) is 5.75 Å². The van der Waals surface area contributed by atoms with Crippen molar-refractivity contribution < 1.29 is 13.2 Å². The van der Waals surface area contributed by atoms with E-state index in [1.807, 2.05) is 42.5 Å². The predicted molar refractivity (Wildman–Crippen MR) is 126 cm³/mol. The zero-order valence-corrected chi connectivity index (χ0v) is 18.7. The summed E-state index contributed by atoms with van der Waals surface area (Å²) in [6.07, 6.45) is 6.09. The Balaban J connectivity index is 1.36. The van der Waals surface area contributed by atoms with Crippen molar-refractivity contribution in [1.29, 1.82) is 0 Å². The molecule has 0 saturated heterocycles.